The van der Waals surface area contributed by atoms with Gasteiger partial charge in [-0.25, -0.2) is 0 Å². The third-order valence-corrected chi connectivity index (χ3v) is 15.6. The van der Waals surface area contributed by atoms with Gasteiger partial charge in [-0.05, 0) is 89.9 Å². The highest BCUT2D eigenvalue weighted by molar-refractivity contribution is 5.76. The number of hydrogen-bond donors (Lipinski definition) is 3. The molecule has 0 aliphatic heterocycles. The lowest BCUT2D eigenvalue weighted by Crippen LogP contribution is -2.45. The Morgan fingerprint density at radius 3 is 1.01 bits per heavy atom. The quantitative estimate of drug-likeness (QED) is 0.0320. The molecular formula is C70H131NO5. The fraction of sp³-hybridized carbons (Fsp3) is 0.857. The average molecular weight is 1070 g/mol. The normalized spacial score (nSPS) is 12.8. The van der Waals surface area contributed by atoms with E-state index in [0.717, 1.165) is 57.8 Å². The molecule has 2 unspecified atom stereocenters. The van der Waals surface area contributed by atoms with Crippen LogP contribution in [-0.2, 0) is 14.3 Å². The van der Waals surface area contributed by atoms with E-state index < -0.39 is 12.1 Å². The molecular weight excluding hydrogens is 935 g/mol. The fourth-order valence-corrected chi connectivity index (χ4v) is 10.4. The first-order valence-electron chi connectivity index (χ1n) is 33.9. The minimum absolute atomic E-state index is 0.000399. The van der Waals surface area contributed by atoms with Crippen molar-refractivity contribution in [3.8, 4) is 0 Å². The number of carbonyl (C=O) groups excluding carboxylic acids is 2. The summed E-state index contributed by atoms with van der Waals surface area (Å²) >= 11 is 0. The molecule has 6 heteroatoms. The zero-order valence-corrected chi connectivity index (χ0v) is 51.0. The smallest absolute Gasteiger partial charge is 0.305 e. The molecule has 0 spiro atoms. The SMILES string of the molecule is CCCCCC/C=C\C/C=C\CCCCCCCC(=O)OCCCCCCCCCCC/C=C\C/C=C\CCCCCCCCCCCCCCCCCC(=O)NC(CO)C(O)CCCCCCCCCCCCCC. The average Bonchev–Trinajstić information content (AvgIpc) is 3.42. The number of aliphatic hydroxyl groups is 2. The van der Waals surface area contributed by atoms with Crippen LogP contribution in [0.15, 0.2) is 48.6 Å². The minimum atomic E-state index is -0.663. The zero-order chi connectivity index (χ0) is 55.0. The van der Waals surface area contributed by atoms with Gasteiger partial charge in [-0.3, -0.25) is 9.59 Å². The van der Waals surface area contributed by atoms with Gasteiger partial charge in [-0.1, -0.05) is 306 Å². The van der Waals surface area contributed by atoms with E-state index in [2.05, 4.69) is 67.8 Å². The Bertz CT molecular complexity index is 1270. The van der Waals surface area contributed by atoms with E-state index in [4.69, 9.17) is 4.74 Å². The number of rotatable bonds is 63. The predicted octanol–water partition coefficient (Wildman–Crippen LogP) is 21.7. The molecule has 0 saturated carbocycles. The summed E-state index contributed by atoms with van der Waals surface area (Å²) in [6.45, 7) is 4.94. The summed E-state index contributed by atoms with van der Waals surface area (Å²) in [4.78, 5) is 24.5. The standard InChI is InChI=1S/C70H131NO5/c1-3-5-7-9-11-13-15-17-18-37-40-44-48-52-56-60-64-70(75)76-65-61-57-53-49-45-41-38-35-33-31-29-27-25-23-21-19-20-22-24-26-28-30-32-34-36-39-43-47-51-55-59-63-69(74)71-67(66-72)68(73)62-58-54-50-46-42-16-14-12-10-8-6-4-2/h13,15,18,21,23,27,29,37,67-68,72-73H,3-12,14,16-17,19-20,22,24-26,28,30-36,38-66H2,1-2H3,(H,71,74)/b15-13-,23-21-,29-27-,37-18-. The molecule has 0 radical (unpaired) electrons. The molecule has 0 rings (SSSR count). The van der Waals surface area contributed by atoms with Crippen LogP contribution in [0.2, 0.25) is 0 Å². The second kappa shape index (κ2) is 65.3. The Labute approximate surface area is 474 Å². The number of amides is 1. The van der Waals surface area contributed by atoms with Crippen molar-refractivity contribution in [3.05, 3.63) is 48.6 Å². The summed E-state index contributed by atoms with van der Waals surface area (Å²) in [5, 5.41) is 23.2. The van der Waals surface area contributed by atoms with Crippen LogP contribution in [0.3, 0.4) is 0 Å². The van der Waals surface area contributed by atoms with Crippen molar-refractivity contribution in [1.82, 2.24) is 5.32 Å². The number of esters is 1. The van der Waals surface area contributed by atoms with Gasteiger partial charge >= 0.3 is 5.97 Å². The molecule has 0 bridgehead atoms. The summed E-state index contributed by atoms with van der Waals surface area (Å²) in [5.74, 6) is -0.0344. The van der Waals surface area contributed by atoms with E-state index in [1.54, 1.807) is 0 Å². The van der Waals surface area contributed by atoms with Crippen LogP contribution in [0.1, 0.15) is 361 Å². The van der Waals surface area contributed by atoms with E-state index >= 15 is 0 Å². The maximum Gasteiger partial charge on any atom is 0.305 e. The maximum absolute atomic E-state index is 12.5. The van der Waals surface area contributed by atoms with E-state index in [9.17, 15) is 19.8 Å². The third-order valence-electron chi connectivity index (χ3n) is 15.6. The lowest BCUT2D eigenvalue weighted by Gasteiger charge is -2.22. The van der Waals surface area contributed by atoms with Crippen molar-refractivity contribution in [3.63, 3.8) is 0 Å². The second-order valence-corrected chi connectivity index (χ2v) is 23.1. The van der Waals surface area contributed by atoms with Crippen molar-refractivity contribution >= 4 is 11.9 Å². The molecule has 0 aliphatic carbocycles. The first kappa shape index (κ1) is 73.8. The van der Waals surface area contributed by atoms with Crippen molar-refractivity contribution in [1.29, 1.82) is 0 Å². The maximum atomic E-state index is 12.5. The van der Waals surface area contributed by atoms with Crippen molar-refractivity contribution in [2.75, 3.05) is 13.2 Å². The highest BCUT2D eigenvalue weighted by Crippen LogP contribution is 2.18. The van der Waals surface area contributed by atoms with Crippen LogP contribution in [0.4, 0.5) is 0 Å². The predicted molar refractivity (Wildman–Crippen MR) is 333 cm³/mol. The Hall–Kier alpha value is -2.18. The minimum Gasteiger partial charge on any atom is -0.466 e. The topological polar surface area (TPSA) is 95.9 Å². The van der Waals surface area contributed by atoms with Gasteiger partial charge in [-0.2, -0.15) is 0 Å². The molecule has 0 aliphatic rings. The summed E-state index contributed by atoms with van der Waals surface area (Å²) in [6.07, 6.45) is 84.4. The molecule has 0 aromatic rings. The molecule has 2 atom stereocenters. The number of carbonyl (C=O) groups is 2. The second-order valence-electron chi connectivity index (χ2n) is 23.1. The van der Waals surface area contributed by atoms with E-state index in [-0.39, 0.29) is 18.5 Å². The lowest BCUT2D eigenvalue weighted by atomic mass is 10.0. The summed E-state index contributed by atoms with van der Waals surface area (Å²) in [7, 11) is 0. The molecule has 0 saturated heterocycles. The number of nitrogens with one attached hydrogen (secondary N) is 1. The molecule has 3 N–H and O–H groups in total. The van der Waals surface area contributed by atoms with Crippen LogP contribution in [-0.4, -0.2) is 47.4 Å². The number of ether oxygens (including phenoxy) is 1. The molecule has 76 heavy (non-hydrogen) atoms. The summed E-state index contributed by atoms with van der Waals surface area (Å²) < 4.78 is 5.48. The van der Waals surface area contributed by atoms with Crippen molar-refractivity contribution in [2.24, 2.45) is 0 Å². The number of hydrogen-bond acceptors (Lipinski definition) is 5. The fourth-order valence-electron chi connectivity index (χ4n) is 10.4. The van der Waals surface area contributed by atoms with E-state index in [1.807, 2.05) is 0 Å². The van der Waals surface area contributed by atoms with Gasteiger partial charge in [0.05, 0.1) is 25.4 Å². The molecule has 446 valence electrons. The highest BCUT2D eigenvalue weighted by Gasteiger charge is 2.20. The van der Waals surface area contributed by atoms with Gasteiger partial charge in [0, 0.05) is 12.8 Å². The Balaban J connectivity index is 3.39. The Morgan fingerprint density at radius 1 is 0.368 bits per heavy atom. The van der Waals surface area contributed by atoms with Gasteiger partial charge in [-0.15, -0.1) is 0 Å². The first-order chi connectivity index (χ1) is 37.5. The van der Waals surface area contributed by atoms with Gasteiger partial charge in [0.25, 0.3) is 0 Å². The summed E-state index contributed by atoms with van der Waals surface area (Å²) in [6, 6.07) is -0.540. The number of aliphatic hydroxyl groups excluding tert-OH is 2. The molecule has 0 aromatic heterocycles. The zero-order valence-electron chi connectivity index (χ0n) is 51.0. The lowest BCUT2D eigenvalue weighted by molar-refractivity contribution is -0.143. The van der Waals surface area contributed by atoms with E-state index in [1.165, 1.54) is 270 Å². The van der Waals surface area contributed by atoms with Crippen LogP contribution in [0, 0.1) is 0 Å². The number of allylic oxidation sites excluding steroid dienone is 8. The summed E-state index contributed by atoms with van der Waals surface area (Å²) in [5.41, 5.74) is 0. The van der Waals surface area contributed by atoms with Gasteiger partial charge in [0.15, 0.2) is 0 Å². The van der Waals surface area contributed by atoms with Crippen LogP contribution in [0.25, 0.3) is 0 Å². The molecule has 0 heterocycles. The van der Waals surface area contributed by atoms with Crippen LogP contribution < -0.4 is 5.32 Å². The van der Waals surface area contributed by atoms with Gasteiger partial charge in [0.1, 0.15) is 0 Å². The first-order valence-corrected chi connectivity index (χ1v) is 33.9. The monoisotopic (exact) mass is 1070 g/mol. The van der Waals surface area contributed by atoms with Gasteiger partial charge < -0.3 is 20.3 Å². The highest BCUT2D eigenvalue weighted by atomic mass is 16.5. The van der Waals surface area contributed by atoms with Crippen LogP contribution >= 0.6 is 0 Å². The van der Waals surface area contributed by atoms with Gasteiger partial charge in [0.2, 0.25) is 5.91 Å². The Morgan fingerprint density at radius 2 is 0.658 bits per heavy atom. The Kier molecular flexibility index (Phi) is 63.5. The molecule has 6 nitrogen and oxygen atoms in total. The van der Waals surface area contributed by atoms with Crippen molar-refractivity contribution < 1.29 is 24.5 Å². The molecule has 0 fully saturated rings. The third kappa shape index (κ3) is 61.0. The number of unbranched alkanes of at least 4 members (excludes halogenated alkanes) is 44. The molecule has 0 aromatic carbocycles. The van der Waals surface area contributed by atoms with Crippen LogP contribution in [0.5, 0.6) is 0 Å². The molecule has 1 amide bonds. The largest absolute Gasteiger partial charge is 0.466 e. The van der Waals surface area contributed by atoms with E-state index in [0.29, 0.717) is 25.9 Å². The van der Waals surface area contributed by atoms with Crippen molar-refractivity contribution in [2.45, 2.75) is 373 Å².